The zero-order valence-electron chi connectivity index (χ0n) is 15.8. The third-order valence-electron chi connectivity index (χ3n) is 4.16. The second kappa shape index (κ2) is 12.9. The molecule has 1 unspecified atom stereocenters. The van der Waals surface area contributed by atoms with Crippen LogP contribution in [0.1, 0.15) is 17.8 Å². The van der Waals surface area contributed by atoms with Crippen molar-refractivity contribution in [1.29, 1.82) is 0 Å². The number of nitrogens with zero attached hydrogens (tertiary/aromatic N) is 2. The predicted molar refractivity (Wildman–Crippen MR) is 122 cm³/mol. The van der Waals surface area contributed by atoms with E-state index in [9.17, 15) is 8.42 Å². The minimum Gasteiger partial charge on any atom is -0.379 e. The van der Waals surface area contributed by atoms with Crippen molar-refractivity contribution in [2.45, 2.75) is 13.0 Å². The van der Waals surface area contributed by atoms with Crippen LogP contribution in [0.3, 0.4) is 0 Å². The summed E-state index contributed by atoms with van der Waals surface area (Å²) >= 11 is 1.75. The molecule has 0 spiro atoms. The Morgan fingerprint density at radius 2 is 2.07 bits per heavy atom. The van der Waals surface area contributed by atoms with E-state index >= 15 is 0 Å². The lowest BCUT2D eigenvalue weighted by molar-refractivity contribution is 0.0177. The third-order valence-corrected chi connectivity index (χ3v) is 6.54. The molecule has 8 nitrogen and oxygen atoms in total. The number of halogens is 1. The van der Waals surface area contributed by atoms with E-state index in [0.29, 0.717) is 19.0 Å². The number of hydrogen-bond acceptors (Lipinski definition) is 6. The summed E-state index contributed by atoms with van der Waals surface area (Å²) in [6, 6.07) is 4.48. The molecule has 2 heterocycles. The van der Waals surface area contributed by atoms with Crippen molar-refractivity contribution in [2.75, 3.05) is 58.7 Å². The average Bonchev–Trinajstić information content (AvgIpc) is 3.19. The molecule has 0 saturated carbocycles. The fraction of sp³-hybridized carbons (Fsp3) is 0.688. The summed E-state index contributed by atoms with van der Waals surface area (Å²) in [5.41, 5.74) is 0. The molecule has 3 N–H and O–H groups in total. The Morgan fingerprint density at radius 1 is 1.33 bits per heavy atom. The zero-order valence-corrected chi connectivity index (χ0v) is 19.8. The highest BCUT2D eigenvalue weighted by Gasteiger charge is 2.23. The molecule has 27 heavy (non-hydrogen) atoms. The Kier molecular flexibility index (Phi) is 11.7. The van der Waals surface area contributed by atoms with Gasteiger partial charge >= 0.3 is 0 Å². The minimum atomic E-state index is -3.16. The van der Waals surface area contributed by atoms with E-state index in [2.05, 4.69) is 42.8 Å². The number of aliphatic imine (C=N–C) groups is 1. The number of morpholine rings is 1. The first kappa shape index (κ1) is 24.6. The lowest BCUT2D eigenvalue weighted by Gasteiger charge is -2.34. The molecule has 1 fully saturated rings. The third kappa shape index (κ3) is 8.60. The van der Waals surface area contributed by atoms with Crippen LogP contribution in [0.25, 0.3) is 0 Å². The Balaban J connectivity index is 0.00000364. The van der Waals surface area contributed by atoms with Gasteiger partial charge in [0, 0.05) is 44.6 Å². The first-order valence-electron chi connectivity index (χ1n) is 8.82. The van der Waals surface area contributed by atoms with E-state index < -0.39 is 10.0 Å². The summed E-state index contributed by atoms with van der Waals surface area (Å²) in [4.78, 5) is 7.95. The maximum Gasteiger partial charge on any atom is 0.211 e. The smallest absolute Gasteiger partial charge is 0.211 e. The lowest BCUT2D eigenvalue weighted by atomic mass is 10.2. The molecule has 0 aromatic carbocycles. The summed E-state index contributed by atoms with van der Waals surface area (Å²) in [6.45, 7) is 6.48. The summed E-state index contributed by atoms with van der Waals surface area (Å²) in [5, 5.41) is 8.59. The van der Waals surface area contributed by atoms with Crippen molar-refractivity contribution in [3.05, 3.63) is 22.4 Å². The van der Waals surface area contributed by atoms with Gasteiger partial charge in [-0.25, -0.2) is 13.1 Å². The van der Waals surface area contributed by atoms with Gasteiger partial charge in [0.2, 0.25) is 10.0 Å². The Hall–Kier alpha value is -0.470. The highest BCUT2D eigenvalue weighted by molar-refractivity contribution is 14.0. The SMILES string of the molecule is CCS(=O)(=O)NCCNC(=NC)NCC(c1cccs1)N1CCOCC1.I. The van der Waals surface area contributed by atoms with E-state index in [1.165, 1.54) is 4.88 Å². The molecule has 156 valence electrons. The quantitative estimate of drug-likeness (QED) is 0.189. The van der Waals surface area contributed by atoms with Gasteiger partial charge in [-0.2, -0.15) is 0 Å². The fourth-order valence-corrected chi connectivity index (χ4v) is 4.16. The van der Waals surface area contributed by atoms with E-state index in [0.717, 1.165) is 32.8 Å². The van der Waals surface area contributed by atoms with Crippen molar-refractivity contribution in [1.82, 2.24) is 20.3 Å². The van der Waals surface area contributed by atoms with Gasteiger partial charge in [0.1, 0.15) is 0 Å². The number of thiophene rings is 1. The number of sulfonamides is 1. The van der Waals surface area contributed by atoms with Gasteiger partial charge < -0.3 is 15.4 Å². The van der Waals surface area contributed by atoms with Crippen molar-refractivity contribution in [3.8, 4) is 0 Å². The molecule has 0 aliphatic carbocycles. The van der Waals surface area contributed by atoms with Gasteiger partial charge in [-0.15, -0.1) is 35.3 Å². The Bertz CT molecular complexity index is 649. The fourth-order valence-electron chi connectivity index (χ4n) is 2.68. The van der Waals surface area contributed by atoms with Crippen molar-refractivity contribution < 1.29 is 13.2 Å². The van der Waals surface area contributed by atoms with Crippen LogP contribution in [-0.2, 0) is 14.8 Å². The maximum absolute atomic E-state index is 11.4. The molecule has 1 aromatic heterocycles. The topological polar surface area (TPSA) is 95.1 Å². The van der Waals surface area contributed by atoms with Crippen LogP contribution in [0.4, 0.5) is 0 Å². The number of hydrogen-bond donors (Lipinski definition) is 3. The monoisotopic (exact) mass is 531 g/mol. The van der Waals surface area contributed by atoms with Gasteiger partial charge in [0.25, 0.3) is 0 Å². The largest absolute Gasteiger partial charge is 0.379 e. The molecular formula is C16H30IN5O3S2. The molecular weight excluding hydrogens is 501 g/mol. The molecule has 0 amide bonds. The molecule has 1 aliphatic heterocycles. The van der Waals surface area contributed by atoms with Crippen molar-refractivity contribution in [3.63, 3.8) is 0 Å². The normalized spacial score (nSPS) is 17.2. The van der Waals surface area contributed by atoms with Crippen LogP contribution in [0, 0.1) is 0 Å². The second-order valence-electron chi connectivity index (χ2n) is 5.86. The molecule has 0 radical (unpaired) electrons. The predicted octanol–water partition coefficient (Wildman–Crippen LogP) is 0.844. The average molecular weight is 531 g/mol. The Morgan fingerprint density at radius 3 is 2.67 bits per heavy atom. The molecule has 2 rings (SSSR count). The van der Waals surface area contributed by atoms with Crippen LogP contribution in [0.2, 0.25) is 0 Å². The van der Waals surface area contributed by atoms with Gasteiger partial charge in [-0.3, -0.25) is 9.89 Å². The summed E-state index contributed by atoms with van der Waals surface area (Å²) < 4.78 is 30.9. The Labute approximate surface area is 183 Å². The lowest BCUT2D eigenvalue weighted by Crippen LogP contribution is -2.47. The van der Waals surface area contributed by atoms with Crippen LogP contribution < -0.4 is 15.4 Å². The molecule has 1 saturated heterocycles. The van der Waals surface area contributed by atoms with Gasteiger partial charge in [-0.05, 0) is 18.4 Å². The standard InChI is InChI=1S/C16H29N5O3S2.HI/c1-3-26(22,23)20-7-6-18-16(17-2)19-13-14(15-5-4-12-25-15)21-8-10-24-11-9-21;/h4-5,12,14,20H,3,6-11,13H2,1-2H3,(H2,17,18,19);1H. The first-order chi connectivity index (χ1) is 12.6. The van der Waals surface area contributed by atoms with Crippen molar-refractivity contribution >= 4 is 51.3 Å². The number of nitrogens with one attached hydrogen (secondary N) is 3. The summed E-state index contributed by atoms with van der Waals surface area (Å²) in [6.07, 6.45) is 0. The molecule has 0 bridgehead atoms. The zero-order chi connectivity index (χ0) is 18.8. The first-order valence-corrected chi connectivity index (χ1v) is 11.4. The van der Waals surface area contributed by atoms with Gasteiger partial charge in [0.05, 0.1) is 25.0 Å². The van der Waals surface area contributed by atoms with E-state index in [1.807, 2.05) is 0 Å². The van der Waals surface area contributed by atoms with Crippen LogP contribution in [-0.4, -0.2) is 78.0 Å². The molecule has 1 atom stereocenters. The van der Waals surface area contributed by atoms with Crippen LogP contribution in [0.5, 0.6) is 0 Å². The highest BCUT2D eigenvalue weighted by atomic mass is 127. The van der Waals surface area contributed by atoms with E-state index in [1.54, 1.807) is 25.3 Å². The number of rotatable bonds is 9. The van der Waals surface area contributed by atoms with E-state index in [-0.39, 0.29) is 35.8 Å². The van der Waals surface area contributed by atoms with Crippen LogP contribution >= 0.6 is 35.3 Å². The van der Waals surface area contributed by atoms with Crippen molar-refractivity contribution in [2.24, 2.45) is 4.99 Å². The second-order valence-corrected chi connectivity index (χ2v) is 8.93. The molecule has 1 aromatic rings. The summed E-state index contributed by atoms with van der Waals surface area (Å²) in [5.74, 6) is 0.748. The maximum atomic E-state index is 11.4. The number of guanidine groups is 1. The molecule has 11 heteroatoms. The van der Waals surface area contributed by atoms with E-state index in [4.69, 9.17) is 4.74 Å². The highest BCUT2D eigenvalue weighted by Crippen LogP contribution is 2.25. The minimum absolute atomic E-state index is 0. The summed E-state index contributed by atoms with van der Waals surface area (Å²) in [7, 11) is -1.45. The molecule has 1 aliphatic rings. The van der Waals surface area contributed by atoms with Gasteiger partial charge in [-0.1, -0.05) is 6.07 Å². The number of ether oxygens (including phenoxy) is 1. The van der Waals surface area contributed by atoms with Crippen LogP contribution in [0.15, 0.2) is 22.5 Å². The van der Waals surface area contributed by atoms with Gasteiger partial charge in [0.15, 0.2) is 5.96 Å².